The number of anilines is 1. The number of hydrogen-bond acceptors (Lipinski definition) is 5. The van der Waals surface area contributed by atoms with Crippen molar-refractivity contribution in [3.63, 3.8) is 0 Å². The van der Waals surface area contributed by atoms with Gasteiger partial charge in [0.05, 0.1) is 0 Å². The number of rotatable bonds is 7. The molecule has 22 heavy (non-hydrogen) atoms. The largest absolute Gasteiger partial charge is 0.360 e. The Morgan fingerprint density at radius 2 is 1.95 bits per heavy atom. The van der Waals surface area contributed by atoms with Crippen LogP contribution in [0.2, 0.25) is 0 Å². The smallest absolute Gasteiger partial charge is 0.275 e. The molecule has 0 aliphatic carbocycles. The van der Waals surface area contributed by atoms with Crippen LogP contribution in [-0.2, 0) is 6.42 Å². The molecule has 0 fully saturated rings. The van der Waals surface area contributed by atoms with E-state index < -0.39 is 0 Å². The van der Waals surface area contributed by atoms with Gasteiger partial charge in [0, 0.05) is 18.3 Å². The van der Waals surface area contributed by atoms with Crippen LogP contribution in [0, 0.1) is 17.8 Å². The fourth-order valence-corrected chi connectivity index (χ4v) is 3.59. The first-order valence-electron chi connectivity index (χ1n) is 8.06. The lowest BCUT2D eigenvalue weighted by Gasteiger charge is -2.24. The Kier molecular flexibility index (Phi) is 5.56. The van der Waals surface area contributed by atoms with Gasteiger partial charge in [-0.15, -0.1) is 5.10 Å². The van der Waals surface area contributed by atoms with Crippen LogP contribution in [0.3, 0.4) is 0 Å². The topological polar surface area (TPSA) is 59.3 Å². The van der Waals surface area contributed by atoms with Gasteiger partial charge in [-0.25, -0.2) is 4.98 Å². The summed E-state index contributed by atoms with van der Waals surface area (Å²) in [6.45, 7) is 11.9. The second-order valence-corrected chi connectivity index (χ2v) is 7.43. The van der Waals surface area contributed by atoms with Crippen molar-refractivity contribution in [2.75, 3.05) is 11.9 Å². The Morgan fingerprint density at radius 1 is 1.27 bits per heavy atom. The van der Waals surface area contributed by atoms with E-state index in [0.717, 1.165) is 30.2 Å². The van der Waals surface area contributed by atoms with Crippen molar-refractivity contribution in [3.8, 4) is 0 Å². The Morgan fingerprint density at radius 3 is 2.55 bits per heavy atom. The van der Waals surface area contributed by atoms with Gasteiger partial charge in [0.2, 0.25) is 10.1 Å². The highest BCUT2D eigenvalue weighted by molar-refractivity contribution is 7.20. The maximum atomic E-state index is 12.1. The van der Waals surface area contributed by atoms with Gasteiger partial charge in [-0.05, 0) is 24.2 Å². The van der Waals surface area contributed by atoms with Crippen molar-refractivity contribution < 1.29 is 0 Å². The molecule has 0 aliphatic heterocycles. The Balaban J connectivity index is 2.19. The molecular weight excluding hydrogens is 296 g/mol. The van der Waals surface area contributed by atoms with Gasteiger partial charge in [-0.2, -0.15) is 4.52 Å². The molecule has 0 saturated heterocycles. The predicted molar refractivity (Wildman–Crippen MR) is 92.8 cm³/mol. The second kappa shape index (κ2) is 7.22. The van der Waals surface area contributed by atoms with E-state index in [4.69, 9.17) is 0 Å². The first kappa shape index (κ1) is 16.9. The summed E-state index contributed by atoms with van der Waals surface area (Å²) in [4.78, 5) is 17.3. The maximum Gasteiger partial charge on any atom is 0.275 e. The summed E-state index contributed by atoms with van der Waals surface area (Å²) in [6.07, 6.45) is 1.81. The van der Waals surface area contributed by atoms with Crippen molar-refractivity contribution in [3.05, 3.63) is 22.1 Å². The van der Waals surface area contributed by atoms with E-state index in [-0.39, 0.29) is 5.56 Å². The third-order valence-electron chi connectivity index (χ3n) is 4.01. The summed E-state index contributed by atoms with van der Waals surface area (Å²) < 4.78 is 1.39. The molecule has 5 nitrogen and oxygen atoms in total. The molecule has 6 heteroatoms. The molecule has 2 rings (SSSR count). The standard InChI is InChI=1S/C16H26N4OS/c1-6-7-12-8-14(21)20-16(18-12)22-15(19-20)17-9-13(10(2)3)11(4)5/h8,10-11,13H,6-7,9H2,1-5H3,(H,17,19). The molecule has 2 heterocycles. The molecule has 0 bridgehead atoms. The average Bonchev–Trinajstić information content (AvgIpc) is 2.82. The van der Waals surface area contributed by atoms with Crippen LogP contribution in [0.25, 0.3) is 4.96 Å². The highest BCUT2D eigenvalue weighted by atomic mass is 32.1. The van der Waals surface area contributed by atoms with Crippen LogP contribution < -0.4 is 10.9 Å². The molecule has 0 aliphatic rings. The Bertz CT molecular complexity index is 666. The zero-order chi connectivity index (χ0) is 16.3. The minimum atomic E-state index is -0.0954. The predicted octanol–water partition coefficient (Wildman–Crippen LogP) is 3.44. The third-order valence-corrected chi connectivity index (χ3v) is 4.87. The highest BCUT2D eigenvalue weighted by Gasteiger charge is 2.18. The summed E-state index contributed by atoms with van der Waals surface area (Å²) >= 11 is 1.45. The van der Waals surface area contributed by atoms with E-state index in [9.17, 15) is 4.79 Å². The quantitative estimate of drug-likeness (QED) is 0.848. The van der Waals surface area contributed by atoms with Crippen LogP contribution >= 0.6 is 11.3 Å². The minimum absolute atomic E-state index is 0.0954. The monoisotopic (exact) mass is 322 g/mol. The lowest BCUT2D eigenvalue weighted by Crippen LogP contribution is -2.24. The summed E-state index contributed by atoms with van der Waals surface area (Å²) in [6, 6.07) is 1.59. The van der Waals surface area contributed by atoms with Crippen molar-refractivity contribution in [2.45, 2.75) is 47.5 Å². The van der Waals surface area contributed by atoms with E-state index in [2.05, 4.69) is 50.0 Å². The number of fused-ring (bicyclic) bond motifs is 1. The lowest BCUT2D eigenvalue weighted by atomic mass is 9.86. The number of nitrogens with one attached hydrogen (secondary N) is 1. The second-order valence-electron chi connectivity index (χ2n) is 6.47. The summed E-state index contributed by atoms with van der Waals surface area (Å²) in [5, 5.41) is 8.50. The van der Waals surface area contributed by atoms with Crippen molar-refractivity contribution in [1.29, 1.82) is 0 Å². The molecule has 0 radical (unpaired) electrons. The van der Waals surface area contributed by atoms with Crippen molar-refractivity contribution >= 4 is 21.4 Å². The van der Waals surface area contributed by atoms with Gasteiger partial charge in [0.25, 0.3) is 5.56 Å². The summed E-state index contributed by atoms with van der Waals surface area (Å²) in [7, 11) is 0. The molecule has 0 spiro atoms. The van der Waals surface area contributed by atoms with Crippen LogP contribution in [0.5, 0.6) is 0 Å². The zero-order valence-corrected chi connectivity index (χ0v) is 14.9. The number of nitrogens with zero attached hydrogens (tertiary/aromatic N) is 3. The number of aryl methyl sites for hydroxylation is 1. The molecule has 122 valence electrons. The third kappa shape index (κ3) is 3.85. The molecule has 2 aromatic heterocycles. The van der Waals surface area contributed by atoms with E-state index in [1.165, 1.54) is 15.9 Å². The normalized spacial score (nSPS) is 12.0. The van der Waals surface area contributed by atoms with Crippen molar-refractivity contribution in [2.24, 2.45) is 17.8 Å². The summed E-state index contributed by atoms with van der Waals surface area (Å²) in [5.74, 6) is 1.80. The van der Waals surface area contributed by atoms with Gasteiger partial charge in [-0.3, -0.25) is 4.79 Å². The van der Waals surface area contributed by atoms with E-state index in [1.54, 1.807) is 6.07 Å². The van der Waals surface area contributed by atoms with E-state index >= 15 is 0 Å². The average molecular weight is 322 g/mol. The molecular formula is C16H26N4OS. The highest BCUT2D eigenvalue weighted by Crippen LogP contribution is 2.23. The molecule has 0 atom stereocenters. The fourth-order valence-electron chi connectivity index (χ4n) is 2.76. The van der Waals surface area contributed by atoms with E-state index in [1.807, 2.05) is 0 Å². The van der Waals surface area contributed by atoms with Gasteiger partial charge in [-0.1, -0.05) is 52.4 Å². The fraction of sp³-hybridized carbons (Fsp3) is 0.688. The van der Waals surface area contributed by atoms with Crippen LogP contribution in [0.1, 0.15) is 46.7 Å². The first-order valence-corrected chi connectivity index (χ1v) is 8.87. The van der Waals surface area contributed by atoms with Gasteiger partial charge in [0.1, 0.15) is 0 Å². The van der Waals surface area contributed by atoms with E-state index in [0.29, 0.717) is 22.7 Å². The van der Waals surface area contributed by atoms with Crippen LogP contribution in [0.4, 0.5) is 5.13 Å². The minimum Gasteiger partial charge on any atom is -0.360 e. The molecule has 2 aromatic rings. The first-order chi connectivity index (χ1) is 10.4. The SMILES string of the molecule is CCCc1cc(=O)n2nc(NCC(C(C)C)C(C)C)sc2n1. The van der Waals surface area contributed by atoms with Crippen LogP contribution in [0.15, 0.2) is 10.9 Å². The molecule has 0 amide bonds. The summed E-state index contributed by atoms with van der Waals surface area (Å²) in [5.41, 5.74) is 0.756. The Hall–Kier alpha value is -1.43. The van der Waals surface area contributed by atoms with Gasteiger partial charge in [0.15, 0.2) is 0 Å². The van der Waals surface area contributed by atoms with Gasteiger partial charge < -0.3 is 5.32 Å². The number of hydrogen-bond donors (Lipinski definition) is 1. The zero-order valence-electron chi connectivity index (χ0n) is 14.1. The van der Waals surface area contributed by atoms with Crippen LogP contribution in [-0.4, -0.2) is 21.1 Å². The number of aromatic nitrogens is 3. The van der Waals surface area contributed by atoms with Crippen molar-refractivity contribution in [1.82, 2.24) is 14.6 Å². The maximum absolute atomic E-state index is 12.1. The lowest BCUT2D eigenvalue weighted by molar-refractivity contribution is 0.304. The molecule has 0 unspecified atom stereocenters. The van der Waals surface area contributed by atoms with Gasteiger partial charge >= 0.3 is 0 Å². The Labute approximate surface area is 135 Å². The molecule has 0 aromatic carbocycles. The molecule has 1 N–H and O–H groups in total. The molecule has 0 saturated carbocycles.